The number of primary sulfonamides is 1. The molecule has 0 aliphatic rings. The molecule has 0 amide bonds. The highest BCUT2D eigenvalue weighted by Crippen LogP contribution is 2.01. The van der Waals surface area contributed by atoms with Gasteiger partial charge in [0.25, 0.3) is 0 Å². The Kier molecular flexibility index (Phi) is 4.45. The maximum Gasteiger partial charge on any atom is 0.307 e. The Bertz CT molecular complexity index is 441. The van der Waals surface area contributed by atoms with Crippen LogP contribution in [0.15, 0.2) is 30.3 Å². The van der Waals surface area contributed by atoms with Gasteiger partial charge in [0.05, 0.1) is 12.2 Å². The van der Waals surface area contributed by atoms with Gasteiger partial charge in [-0.15, -0.1) is 0 Å². The Labute approximate surface area is 94.3 Å². The summed E-state index contributed by atoms with van der Waals surface area (Å²) in [5.74, 6) is -0.960. The molecule has 1 aromatic carbocycles. The van der Waals surface area contributed by atoms with E-state index in [-0.39, 0.29) is 18.8 Å². The molecule has 1 aromatic rings. The van der Waals surface area contributed by atoms with Gasteiger partial charge in [-0.25, -0.2) is 13.6 Å². The lowest BCUT2D eigenvalue weighted by molar-refractivity contribution is -0.144. The van der Waals surface area contributed by atoms with Crippen LogP contribution in [0.1, 0.15) is 12.0 Å². The van der Waals surface area contributed by atoms with E-state index in [9.17, 15) is 13.2 Å². The Morgan fingerprint density at radius 1 is 1.25 bits per heavy atom. The number of hydrogen-bond acceptors (Lipinski definition) is 4. The van der Waals surface area contributed by atoms with Crippen LogP contribution in [0, 0.1) is 0 Å². The molecule has 5 nitrogen and oxygen atoms in total. The summed E-state index contributed by atoms with van der Waals surface area (Å²) in [7, 11) is -3.60. The van der Waals surface area contributed by atoms with Gasteiger partial charge in [0.2, 0.25) is 10.0 Å². The third kappa shape index (κ3) is 5.47. The van der Waals surface area contributed by atoms with Crippen LogP contribution >= 0.6 is 0 Å². The van der Waals surface area contributed by atoms with Gasteiger partial charge in [0.15, 0.2) is 0 Å². The number of benzene rings is 1. The van der Waals surface area contributed by atoms with E-state index < -0.39 is 16.0 Å². The van der Waals surface area contributed by atoms with Crippen molar-refractivity contribution in [3.63, 3.8) is 0 Å². The number of nitrogens with two attached hydrogens (primary N) is 1. The molecule has 16 heavy (non-hydrogen) atoms. The zero-order chi connectivity index (χ0) is 12.0. The normalized spacial score (nSPS) is 11.1. The van der Waals surface area contributed by atoms with Gasteiger partial charge in [-0.05, 0) is 5.56 Å². The minimum Gasteiger partial charge on any atom is -0.461 e. The van der Waals surface area contributed by atoms with Gasteiger partial charge in [-0.3, -0.25) is 4.79 Å². The molecule has 88 valence electrons. The predicted molar refractivity (Wildman–Crippen MR) is 58.8 cm³/mol. The van der Waals surface area contributed by atoms with Crippen molar-refractivity contribution < 1.29 is 17.9 Å². The van der Waals surface area contributed by atoms with Gasteiger partial charge in [-0.2, -0.15) is 0 Å². The summed E-state index contributed by atoms with van der Waals surface area (Å²) in [6.07, 6.45) is -0.217. The highest BCUT2D eigenvalue weighted by molar-refractivity contribution is 7.89. The van der Waals surface area contributed by atoms with Crippen molar-refractivity contribution in [2.75, 3.05) is 5.75 Å². The summed E-state index contributed by atoms with van der Waals surface area (Å²) in [6, 6.07) is 9.13. The SMILES string of the molecule is NS(=O)(=O)CCC(=O)OCc1ccccc1. The third-order valence-electron chi connectivity index (χ3n) is 1.83. The lowest BCUT2D eigenvalue weighted by atomic mass is 10.2. The zero-order valence-electron chi connectivity index (χ0n) is 8.63. The van der Waals surface area contributed by atoms with E-state index >= 15 is 0 Å². The molecule has 0 radical (unpaired) electrons. The topological polar surface area (TPSA) is 86.5 Å². The number of hydrogen-bond donors (Lipinski definition) is 1. The van der Waals surface area contributed by atoms with Crippen molar-refractivity contribution in [3.05, 3.63) is 35.9 Å². The monoisotopic (exact) mass is 243 g/mol. The molecule has 1 rings (SSSR count). The van der Waals surface area contributed by atoms with Crippen LogP contribution in [-0.4, -0.2) is 20.1 Å². The Morgan fingerprint density at radius 2 is 1.88 bits per heavy atom. The van der Waals surface area contributed by atoms with Crippen molar-refractivity contribution in [1.82, 2.24) is 0 Å². The first-order valence-electron chi connectivity index (χ1n) is 4.67. The smallest absolute Gasteiger partial charge is 0.307 e. The van der Waals surface area contributed by atoms with E-state index in [1.54, 1.807) is 0 Å². The molecule has 0 fully saturated rings. The molecule has 0 aliphatic heterocycles. The maximum absolute atomic E-state index is 11.1. The molecule has 0 bridgehead atoms. The standard InChI is InChI=1S/C10H13NO4S/c11-16(13,14)7-6-10(12)15-8-9-4-2-1-3-5-9/h1-5H,6-8H2,(H2,11,13,14). The van der Waals surface area contributed by atoms with E-state index in [2.05, 4.69) is 0 Å². The molecule has 0 aliphatic carbocycles. The minimum atomic E-state index is -3.60. The number of rotatable bonds is 5. The maximum atomic E-state index is 11.1. The van der Waals surface area contributed by atoms with E-state index in [1.807, 2.05) is 30.3 Å². The van der Waals surface area contributed by atoms with Crippen molar-refractivity contribution >= 4 is 16.0 Å². The van der Waals surface area contributed by atoms with Crippen molar-refractivity contribution in [1.29, 1.82) is 0 Å². The average molecular weight is 243 g/mol. The van der Waals surface area contributed by atoms with Crippen LogP contribution < -0.4 is 5.14 Å². The molecule has 0 aromatic heterocycles. The second kappa shape index (κ2) is 5.62. The van der Waals surface area contributed by atoms with Crippen LogP contribution in [0.3, 0.4) is 0 Å². The van der Waals surface area contributed by atoms with E-state index in [0.29, 0.717) is 0 Å². The van der Waals surface area contributed by atoms with Crippen LogP contribution in [0.5, 0.6) is 0 Å². The number of sulfonamides is 1. The molecule has 0 unspecified atom stereocenters. The van der Waals surface area contributed by atoms with Crippen molar-refractivity contribution in [2.45, 2.75) is 13.0 Å². The summed E-state index contributed by atoms with van der Waals surface area (Å²) in [5.41, 5.74) is 0.853. The Hall–Kier alpha value is -1.40. The van der Waals surface area contributed by atoms with Gasteiger partial charge >= 0.3 is 5.97 Å². The number of ether oxygens (including phenoxy) is 1. The molecule has 0 heterocycles. The lowest BCUT2D eigenvalue weighted by Gasteiger charge is -2.03. The van der Waals surface area contributed by atoms with Gasteiger partial charge in [0.1, 0.15) is 6.61 Å². The molecule has 0 saturated carbocycles. The molecule has 0 saturated heterocycles. The molecule has 2 N–H and O–H groups in total. The molecule has 0 spiro atoms. The second-order valence-corrected chi connectivity index (χ2v) is 5.00. The number of carbonyl (C=O) groups is 1. The van der Waals surface area contributed by atoms with E-state index in [4.69, 9.17) is 9.88 Å². The first-order chi connectivity index (χ1) is 7.47. The average Bonchev–Trinajstić information content (AvgIpc) is 2.24. The van der Waals surface area contributed by atoms with Crippen LogP contribution in [0.2, 0.25) is 0 Å². The summed E-state index contributed by atoms with van der Waals surface area (Å²) in [5, 5.41) is 4.76. The first-order valence-corrected chi connectivity index (χ1v) is 6.39. The molecular formula is C10H13NO4S. The Morgan fingerprint density at radius 3 is 2.44 bits per heavy atom. The van der Waals surface area contributed by atoms with Crippen LogP contribution in [0.25, 0.3) is 0 Å². The van der Waals surface area contributed by atoms with Crippen molar-refractivity contribution in [2.24, 2.45) is 5.14 Å². The predicted octanol–water partition coefficient (Wildman–Crippen LogP) is 0.408. The van der Waals surface area contributed by atoms with Crippen LogP contribution in [0.4, 0.5) is 0 Å². The molecular weight excluding hydrogens is 230 g/mol. The zero-order valence-corrected chi connectivity index (χ0v) is 9.44. The summed E-state index contributed by atoms with van der Waals surface area (Å²) in [4.78, 5) is 11.1. The van der Waals surface area contributed by atoms with Gasteiger partial charge in [-0.1, -0.05) is 30.3 Å². The van der Waals surface area contributed by atoms with E-state index in [1.165, 1.54) is 0 Å². The lowest BCUT2D eigenvalue weighted by Crippen LogP contribution is -2.19. The van der Waals surface area contributed by atoms with Gasteiger partial charge < -0.3 is 4.74 Å². The number of carbonyl (C=O) groups excluding carboxylic acids is 1. The Balaban J connectivity index is 2.31. The largest absolute Gasteiger partial charge is 0.461 e. The highest BCUT2D eigenvalue weighted by atomic mass is 32.2. The first kappa shape index (κ1) is 12.7. The fourth-order valence-corrected chi connectivity index (χ4v) is 1.49. The third-order valence-corrected chi connectivity index (χ3v) is 2.61. The second-order valence-electron chi connectivity index (χ2n) is 3.26. The number of esters is 1. The summed E-state index contributed by atoms with van der Waals surface area (Å²) < 4.78 is 26.0. The van der Waals surface area contributed by atoms with Crippen molar-refractivity contribution in [3.8, 4) is 0 Å². The quantitative estimate of drug-likeness (QED) is 0.759. The fraction of sp³-hybridized carbons (Fsp3) is 0.300. The summed E-state index contributed by atoms with van der Waals surface area (Å²) in [6.45, 7) is 0.143. The molecule has 0 atom stereocenters. The molecule has 6 heteroatoms. The highest BCUT2D eigenvalue weighted by Gasteiger charge is 2.09. The van der Waals surface area contributed by atoms with Crippen LogP contribution in [-0.2, 0) is 26.2 Å². The van der Waals surface area contributed by atoms with E-state index in [0.717, 1.165) is 5.56 Å². The van der Waals surface area contributed by atoms with Gasteiger partial charge in [0, 0.05) is 0 Å². The fourth-order valence-electron chi connectivity index (χ4n) is 1.04. The summed E-state index contributed by atoms with van der Waals surface area (Å²) >= 11 is 0. The minimum absolute atomic E-state index is 0.143.